The van der Waals surface area contributed by atoms with Crippen LogP contribution in [0.25, 0.3) is 0 Å². The van der Waals surface area contributed by atoms with Crippen molar-refractivity contribution in [2.45, 2.75) is 38.6 Å². The quantitative estimate of drug-likeness (QED) is 0.848. The standard InChI is InChI=1S/C14H19BrFN/c1-2-8-17-14(10-4-3-5-10)12-9-11(15)6-7-13(12)16/h6-7,9-10,14,17H,2-5,8H2,1H3. The van der Waals surface area contributed by atoms with E-state index in [2.05, 4.69) is 28.2 Å². The maximum absolute atomic E-state index is 13.9. The van der Waals surface area contributed by atoms with E-state index in [1.165, 1.54) is 19.3 Å². The first-order chi connectivity index (χ1) is 8.22. The van der Waals surface area contributed by atoms with Gasteiger partial charge in [0.1, 0.15) is 5.82 Å². The molecule has 1 fully saturated rings. The predicted octanol–water partition coefficient (Wildman–Crippen LogP) is 4.43. The molecule has 0 saturated heterocycles. The van der Waals surface area contributed by atoms with Crippen LogP contribution in [-0.4, -0.2) is 6.54 Å². The summed E-state index contributed by atoms with van der Waals surface area (Å²) in [5.74, 6) is 0.513. The van der Waals surface area contributed by atoms with E-state index >= 15 is 0 Å². The molecule has 17 heavy (non-hydrogen) atoms. The number of benzene rings is 1. The third-order valence-electron chi connectivity index (χ3n) is 3.53. The van der Waals surface area contributed by atoms with Gasteiger partial charge in [-0.05, 0) is 49.9 Å². The van der Waals surface area contributed by atoms with Crippen LogP contribution in [0.5, 0.6) is 0 Å². The van der Waals surface area contributed by atoms with E-state index in [0.717, 1.165) is 23.0 Å². The topological polar surface area (TPSA) is 12.0 Å². The maximum Gasteiger partial charge on any atom is 0.128 e. The van der Waals surface area contributed by atoms with Crippen molar-refractivity contribution in [2.24, 2.45) is 5.92 Å². The van der Waals surface area contributed by atoms with Crippen LogP contribution in [0, 0.1) is 11.7 Å². The lowest BCUT2D eigenvalue weighted by Crippen LogP contribution is -2.33. The van der Waals surface area contributed by atoms with Crippen LogP contribution in [0.1, 0.15) is 44.2 Å². The SMILES string of the molecule is CCCNC(c1cc(Br)ccc1F)C1CCC1. The van der Waals surface area contributed by atoms with E-state index in [-0.39, 0.29) is 11.9 Å². The Hall–Kier alpha value is -0.410. The highest BCUT2D eigenvalue weighted by Crippen LogP contribution is 2.39. The molecule has 1 aliphatic carbocycles. The molecule has 0 spiro atoms. The van der Waals surface area contributed by atoms with E-state index in [0.29, 0.717) is 5.92 Å². The van der Waals surface area contributed by atoms with Crippen molar-refractivity contribution in [3.63, 3.8) is 0 Å². The van der Waals surface area contributed by atoms with Crippen molar-refractivity contribution in [1.82, 2.24) is 5.32 Å². The van der Waals surface area contributed by atoms with Crippen LogP contribution < -0.4 is 5.32 Å². The summed E-state index contributed by atoms with van der Waals surface area (Å²) < 4.78 is 14.9. The molecule has 1 aromatic carbocycles. The minimum atomic E-state index is -0.0892. The van der Waals surface area contributed by atoms with Gasteiger partial charge in [0, 0.05) is 16.1 Å². The monoisotopic (exact) mass is 299 g/mol. The van der Waals surface area contributed by atoms with E-state index in [1.54, 1.807) is 12.1 Å². The molecule has 2 rings (SSSR count). The van der Waals surface area contributed by atoms with Gasteiger partial charge in [-0.1, -0.05) is 29.3 Å². The van der Waals surface area contributed by atoms with Crippen molar-refractivity contribution in [1.29, 1.82) is 0 Å². The van der Waals surface area contributed by atoms with Crippen LogP contribution in [0.3, 0.4) is 0 Å². The number of nitrogens with one attached hydrogen (secondary N) is 1. The molecule has 1 N–H and O–H groups in total. The Morgan fingerprint density at radius 1 is 1.47 bits per heavy atom. The molecule has 3 heteroatoms. The molecule has 0 aliphatic heterocycles. The zero-order chi connectivity index (χ0) is 12.3. The van der Waals surface area contributed by atoms with E-state index in [4.69, 9.17) is 0 Å². The average molecular weight is 300 g/mol. The Bertz CT molecular complexity index is 376. The second-order valence-corrected chi connectivity index (χ2v) is 5.70. The highest BCUT2D eigenvalue weighted by Gasteiger charge is 2.29. The van der Waals surface area contributed by atoms with Gasteiger partial charge in [-0.3, -0.25) is 0 Å². The maximum atomic E-state index is 13.9. The van der Waals surface area contributed by atoms with E-state index < -0.39 is 0 Å². The van der Waals surface area contributed by atoms with Crippen molar-refractivity contribution in [3.05, 3.63) is 34.1 Å². The fourth-order valence-electron chi connectivity index (χ4n) is 2.36. The van der Waals surface area contributed by atoms with Crippen LogP contribution in [0.15, 0.2) is 22.7 Å². The van der Waals surface area contributed by atoms with Gasteiger partial charge in [-0.25, -0.2) is 4.39 Å². The van der Waals surface area contributed by atoms with E-state index in [1.807, 2.05) is 6.07 Å². The molecule has 1 unspecified atom stereocenters. The lowest BCUT2D eigenvalue weighted by molar-refractivity contribution is 0.227. The van der Waals surface area contributed by atoms with Crippen molar-refractivity contribution in [3.8, 4) is 0 Å². The first-order valence-corrected chi connectivity index (χ1v) is 7.20. The van der Waals surface area contributed by atoms with Gasteiger partial charge in [-0.2, -0.15) is 0 Å². The molecule has 0 amide bonds. The molecule has 1 aromatic rings. The molecule has 0 radical (unpaired) electrons. The minimum Gasteiger partial charge on any atom is -0.310 e. The average Bonchev–Trinajstić information content (AvgIpc) is 2.25. The summed E-state index contributed by atoms with van der Waals surface area (Å²) in [6, 6.07) is 5.41. The lowest BCUT2D eigenvalue weighted by atomic mass is 9.77. The van der Waals surface area contributed by atoms with Gasteiger partial charge >= 0.3 is 0 Å². The van der Waals surface area contributed by atoms with Crippen molar-refractivity contribution in [2.75, 3.05) is 6.54 Å². The lowest BCUT2D eigenvalue weighted by Gasteiger charge is -2.35. The van der Waals surface area contributed by atoms with Crippen LogP contribution in [-0.2, 0) is 0 Å². The van der Waals surface area contributed by atoms with Gasteiger partial charge in [0.25, 0.3) is 0 Å². The summed E-state index contributed by atoms with van der Waals surface area (Å²) in [5.41, 5.74) is 0.817. The highest BCUT2D eigenvalue weighted by atomic mass is 79.9. The van der Waals surface area contributed by atoms with Crippen molar-refractivity contribution >= 4 is 15.9 Å². The Morgan fingerprint density at radius 2 is 2.24 bits per heavy atom. The Morgan fingerprint density at radius 3 is 2.82 bits per heavy atom. The van der Waals surface area contributed by atoms with Crippen molar-refractivity contribution < 1.29 is 4.39 Å². The van der Waals surface area contributed by atoms with Crippen LogP contribution in [0.4, 0.5) is 4.39 Å². The highest BCUT2D eigenvalue weighted by molar-refractivity contribution is 9.10. The molecular formula is C14H19BrFN. The summed E-state index contributed by atoms with van der Waals surface area (Å²) in [6.07, 6.45) is 4.80. The number of hydrogen-bond acceptors (Lipinski definition) is 1. The second kappa shape index (κ2) is 5.96. The first kappa shape index (κ1) is 13.0. The minimum absolute atomic E-state index is 0.0892. The summed E-state index contributed by atoms with van der Waals surface area (Å²) in [6.45, 7) is 3.09. The molecule has 1 saturated carbocycles. The van der Waals surface area contributed by atoms with Crippen LogP contribution in [0.2, 0.25) is 0 Å². The molecule has 1 nitrogen and oxygen atoms in total. The fourth-order valence-corrected chi connectivity index (χ4v) is 2.74. The molecule has 94 valence electrons. The Kier molecular flexibility index (Phi) is 4.57. The zero-order valence-electron chi connectivity index (χ0n) is 10.2. The molecule has 0 bridgehead atoms. The summed E-state index contributed by atoms with van der Waals surface area (Å²) in [7, 11) is 0. The number of rotatable bonds is 5. The van der Waals surface area contributed by atoms with Gasteiger partial charge in [-0.15, -0.1) is 0 Å². The largest absolute Gasteiger partial charge is 0.310 e. The normalized spacial score (nSPS) is 17.8. The summed E-state index contributed by atoms with van der Waals surface area (Å²) in [5, 5.41) is 3.49. The van der Waals surface area contributed by atoms with Gasteiger partial charge < -0.3 is 5.32 Å². The predicted molar refractivity (Wildman–Crippen MR) is 72.5 cm³/mol. The number of hydrogen-bond donors (Lipinski definition) is 1. The van der Waals surface area contributed by atoms with Gasteiger partial charge in [0.05, 0.1) is 0 Å². The molecular weight excluding hydrogens is 281 g/mol. The smallest absolute Gasteiger partial charge is 0.128 e. The summed E-state index contributed by atoms with van der Waals surface area (Å²) >= 11 is 3.43. The van der Waals surface area contributed by atoms with E-state index in [9.17, 15) is 4.39 Å². The van der Waals surface area contributed by atoms with Gasteiger partial charge in [0.2, 0.25) is 0 Å². The third kappa shape index (κ3) is 3.08. The first-order valence-electron chi connectivity index (χ1n) is 6.40. The molecule has 0 aromatic heterocycles. The summed E-state index contributed by atoms with van der Waals surface area (Å²) in [4.78, 5) is 0. The molecule has 0 heterocycles. The molecule has 1 aliphatic rings. The zero-order valence-corrected chi connectivity index (χ0v) is 11.8. The Balaban J connectivity index is 2.20. The van der Waals surface area contributed by atoms with Crippen LogP contribution >= 0.6 is 15.9 Å². The second-order valence-electron chi connectivity index (χ2n) is 4.79. The fraction of sp³-hybridized carbons (Fsp3) is 0.571. The Labute approximate surface area is 111 Å². The third-order valence-corrected chi connectivity index (χ3v) is 4.02. The molecule has 1 atom stereocenters. The number of halogens is 2. The van der Waals surface area contributed by atoms with Gasteiger partial charge in [0.15, 0.2) is 0 Å².